The first-order chi connectivity index (χ1) is 6.71. The fourth-order valence-corrected chi connectivity index (χ4v) is 11.4. The molecule has 0 radical (unpaired) electrons. The van der Waals surface area contributed by atoms with Crippen molar-refractivity contribution in [3.8, 4) is 0 Å². The average molecular weight is 306 g/mol. The predicted octanol–water partition coefficient (Wildman–Crippen LogP) is 2.62. The molecular weight excluding hydrogens is 288 g/mol. The summed E-state index contributed by atoms with van der Waals surface area (Å²) >= 11 is 0. The van der Waals surface area contributed by atoms with E-state index < -0.39 is 27.2 Å². The van der Waals surface area contributed by atoms with Crippen LogP contribution in [0.3, 0.4) is 0 Å². The summed E-state index contributed by atoms with van der Waals surface area (Å²) in [4.78, 5) is 0. The molecular formula is C8H18O4S4. The second-order valence-electron chi connectivity index (χ2n) is 5.27. The summed E-state index contributed by atoms with van der Waals surface area (Å²) in [5.74, 6) is 0. The van der Waals surface area contributed by atoms with Crippen molar-refractivity contribution < 1.29 is 16.8 Å². The van der Waals surface area contributed by atoms with E-state index in [1.807, 2.05) is 0 Å². The van der Waals surface area contributed by atoms with Gasteiger partial charge in [0.25, 0.3) is 0 Å². The van der Waals surface area contributed by atoms with Crippen LogP contribution in [-0.4, -0.2) is 26.3 Å². The van der Waals surface area contributed by atoms with E-state index in [-0.39, 0.29) is 0 Å². The van der Waals surface area contributed by atoms with Crippen LogP contribution >= 0.6 is 19.7 Å². The quantitative estimate of drug-likeness (QED) is 0.747. The summed E-state index contributed by atoms with van der Waals surface area (Å²) in [5.41, 5.74) is 0. The first-order valence-corrected chi connectivity index (χ1v) is 10.7. The van der Waals surface area contributed by atoms with Crippen molar-refractivity contribution in [1.82, 2.24) is 0 Å². The topological polar surface area (TPSA) is 68.3 Å². The van der Waals surface area contributed by atoms with Crippen LogP contribution in [0.1, 0.15) is 41.5 Å². The maximum Gasteiger partial charge on any atom is 0.217 e. The molecule has 0 bridgehead atoms. The number of hydrogen-bond donors (Lipinski definition) is 0. The van der Waals surface area contributed by atoms with Gasteiger partial charge in [0.05, 0.1) is 29.1 Å². The molecule has 8 heteroatoms. The predicted molar refractivity (Wildman–Crippen MR) is 72.5 cm³/mol. The Morgan fingerprint density at radius 1 is 0.625 bits per heavy atom. The molecule has 16 heavy (non-hydrogen) atoms. The molecule has 0 heterocycles. The van der Waals surface area contributed by atoms with Crippen LogP contribution < -0.4 is 0 Å². The Morgan fingerprint density at radius 2 is 0.812 bits per heavy atom. The van der Waals surface area contributed by atoms with Crippen LogP contribution in [0.15, 0.2) is 0 Å². The third-order valence-electron chi connectivity index (χ3n) is 1.71. The molecule has 0 saturated heterocycles. The Bertz CT molecular complexity index is 389. The molecule has 0 aromatic carbocycles. The molecule has 0 atom stereocenters. The van der Waals surface area contributed by atoms with Crippen LogP contribution in [-0.2, 0) is 17.7 Å². The van der Waals surface area contributed by atoms with Gasteiger partial charge in [-0.1, -0.05) is 0 Å². The van der Waals surface area contributed by atoms with Gasteiger partial charge >= 0.3 is 0 Å². The Labute approximate surface area is 105 Å². The first-order valence-electron chi connectivity index (χ1n) is 4.57. The van der Waals surface area contributed by atoms with Gasteiger partial charge in [0.15, 0.2) is 0 Å². The van der Waals surface area contributed by atoms with Gasteiger partial charge in [0.1, 0.15) is 0 Å². The molecule has 0 saturated carbocycles. The summed E-state index contributed by atoms with van der Waals surface area (Å²) in [7, 11) is -6.14. The smallest absolute Gasteiger partial charge is 0.216 e. The van der Waals surface area contributed by atoms with Crippen molar-refractivity contribution in [2.75, 3.05) is 0 Å². The lowest BCUT2D eigenvalue weighted by Crippen LogP contribution is -2.27. The average Bonchev–Trinajstić information content (AvgIpc) is 1.97. The van der Waals surface area contributed by atoms with Gasteiger partial charge < -0.3 is 0 Å². The van der Waals surface area contributed by atoms with E-state index in [1.165, 1.54) is 0 Å². The van der Waals surface area contributed by atoms with Crippen LogP contribution in [0.25, 0.3) is 0 Å². The van der Waals surface area contributed by atoms with Crippen molar-refractivity contribution in [3.05, 3.63) is 0 Å². The first kappa shape index (κ1) is 16.6. The summed E-state index contributed by atoms with van der Waals surface area (Å²) in [6.07, 6.45) is 0. The molecule has 0 aliphatic carbocycles. The van der Waals surface area contributed by atoms with Gasteiger partial charge in [-0.15, -0.1) is 0 Å². The third-order valence-corrected chi connectivity index (χ3v) is 14.6. The Morgan fingerprint density at radius 3 is 0.938 bits per heavy atom. The molecule has 0 aliphatic rings. The van der Waals surface area contributed by atoms with Gasteiger partial charge in [-0.05, 0) is 41.5 Å². The fourth-order valence-electron chi connectivity index (χ4n) is 0.277. The maximum atomic E-state index is 11.7. The lowest BCUT2D eigenvalue weighted by Gasteiger charge is -2.20. The molecule has 0 aromatic heterocycles. The highest BCUT2D eigenvalue weighted by Gasteiger charge is 2.36. The standard InChI is InChI=1S/C8H18O4S4/c1-7(2,3)15(9,10)13-14-16(11,12)8(4,5)6/h1-6H3. The zero-order valence-corrected chi connectivity index (χ0v) is 13.5. The lowest BCUT2D eigenvalue weighted by molar-refractivity contribution is 0.575. The van der Waals surface area contributed by atoms with Crippen molar-refractivity contribution in [3.63, 3.8) is 0 Å². The molecule has 0 aromatic rings. The molecule has 4 nitrogen and oxygen atoms in total. The minimum Gasteiger partial charge on any atom is -0.216 e. The second-order valence-corrected chi connectivity index (χ2v) is 15.7. The minimum atomic E-state index is -3.49. The molecule has 0 rings (SSSR count). The monoisotopic (exact) mass is 306 g/mol. The normalized spacial score (nSPS) is 15.1. The van der Waals surface area contributed by atoms with E-state index in [9.17, 15) is 16.8 Å². The SMILES string of the molecule is CC(C)(C)S(=O)(=O)SSS(=O)(=O)C(C)(C)C. The highest BCUT2D eigenvalue weighted by atomic mass is 33.7. The van der Waals surface area contributed by atoms with E-state index in [0.717, 1.165) is 0 Å². The van der Waals surface area contributed by atoms with Gasteiger partial charge in [-0.2, -0.15) is 0 Å². The van der Waals surface area contributed by atoms with Gasteiger partial charge in [0, 0.05) is 0 Å². The number of hydrogen-bond acceptors (Lipinski definition) is 6. The van der Waals surface area contributed by atoms with E-state index in [1.54, 1.807) is 41.5 Å². The lowest BCUT2D eigenvalue weighted by atomic mass is 10.3. The molecule has 0 unspecified atom stereocenters. The Balaban J connectivity index is 4.88. The Hall–Kier alpha value is 0.600. The summed E-state index contributed by atoms with van der Waals surface area (Å²) in [5, 5.41) is 0. The van der Waals surface area contributed by atoms with Gasteiger partial charge in [-0.3, -0.25) is 0 Å². The molecule has 0 amide bonds. The summed E-state index contributed by atoms with van der Waals surface area (Å²) in [6.45, 7) is 9.25. The fraction of sp³-hybridized carbons (Fsp3) is 1.00. The van der Waals surface area contributed by atoms with Crippen molar-refractivity contribution >= 4 is 37.4 Å². The van der Waals surface area contributed by atoms with Crippen LogP contribution in [0.2, 0.25) is 0 Å². The highest BCUT2D eigenvalue weighted by Crippen LogP contribution is 2.43. The molecule has 0 fully saturated rings. The zero-order chi connectivity index (χ0) is 13.4. The molecule has 0 aliphatic heterocycles. The molecule has 0 N–H and O–H groups in total. The minimum absolute atomic E-state index is 0.420. The van der Waals surface area contributed by atoms with Crippen LogP contribution in [0, 0.1) is 0 Å². The number of rotatable bonds is 3. The molecule has 0 spiro atoms. The van der Waals surface area contributed by atoms with E-state index >= 15 is 0 Å². The molecule has 98 valence electrons. The highest BCUT2D eigenvalue weighted by molar-refractivity contribution is 9.23. The van der Waals surface area contributed by atoms with Gasteiger partial charge in [-0.25, -0.2) is 16.8 Å². The zero-order valence-electron chi connectivity index (χ0n) is 10.3. The van der Waals surface area contributed by atoms with Crippen molar-refractivity contribution in [2.45, 2.75) is 51.0 Å². The summed E-state index contributed by atoms with van der Waals surface area (Å²) in [6, 6.07) is 0. The summed E-state index contributed by atoms with van der Waals surface area (Å²) < 4.78 is 44.9. The van der Waals surface area contributed by atoms with Crippen molar-refractivity contribution in [1.29, 1.82) is 0 Å². The Kier molecular flexibility index (Phi) is 4.88. The van der Waals surface area contributed by atoms with E-state index in [0.29, 0.717) is 19.7 Å². The maximum absolute atomic E-state index is 11.7. The van der Waals surface area contributed by atoms with Gasteiger partial charge in [0.2, 0.25) is 17.7 Å². The largest absolute Gasteiger partial charge is 0.217 e. The third kappa shape index (κ3) is 4.12. The van der Waals surface area contributed by atoms with E-state index in [2.05, 4.69) is 0 Å². The van der Waals surface area contributed by atoms with Crippen molar-refractivity contribution in [2.24, 2.45) is 0 Å². The van der Waals surface area contributed by atoms with Crippen LogP contribution in [0.4, 0.5) is 0 Å². The van der Waals surface area contributed by atoms with E-state index in [4.69, 9.17) is 0 Å². The second kappa shape index (κ2) is 4.70. The van der Waals surface area contributed by atoms with Crippen LogP contribution in [0.5, 0.6) is 0 Å².